The van der Waals surface area contributed by atoms with E-state index >= 15 is 0 Å². The second kappa shape index (κ2) is 11.4. The number of aliphatic hydroxyl groups is 1. The largest absolute Gasteiger partial charge is 0.446 e. The van der Waals surface area contributed by atoms with Gasteiger partial charge in [-0.3, -0.25) is 15.0 Å². The molecule has 0 spiro atoms. The van der Waals surface area contributed by atoms with Gasteiger partial charge < -0.3 is 19.9 Å². The van der Waals surface area contributed by atoms with Crippen LogP contribution >= 0.6 is 0 Å². The van der Waals surface area contributed by atoms with Gasteiger partial charge in [0, 0.05) is 42.6 Å². The molecule has 208 valence electrons. The van der Waals surface area contributed by atoms with Crippen LogP contribution in [-0.2, 0) is 27.3 Å². The molecular weight excluding hydrogens is 506 g/mol. The minimum absolute atomic E-state index is 0.0266. The highest BCUT2D eigenvalue weighted by Crippen LogP contribution is 2.48. The molecule has 3 fully saturated rings. The van der Waals surface area contributed by atoms with Crippen molar-refractivity contribution < 1.29 is 24.2 Å². The van der Waals surface area contributed by atoms with E-state index in [1.807, 2.05) is 48.5 Å². The summed E-state index contributed by atoms with van der Waals surface area (Å²) in [4.78, 5) is 27.9. The molecule has 3 N–H and O–H groups in total. The number of benzene rings is 3. The lowest BCUT2D eigenvalue weighted by atomic mass is 9.99. The number of likely N-dealkylation sites (N-methyl/N-ethyl adjacent to an activating group) is 1. The highest BCUT2D eigenvalue weighted by molar-refractivity contribution is 5.92. The maximum Gasteiger partial charge on any atom is 0.411 e. The molecule has 8 heteroatoms. The van der Waals surface area contributed by atoms with Gasteiger partial charge in [-0.1, -0.05) is 54.6 Å². The number of hydrogen-bond acceptors (Lipinski definition) is 6. The molecule has 3 aliphatic rings. The highest BCUT2D eigenvalue weighted by atomic mass is 16.6. The first kappa shape index (κ1) is 26.5. The van der Waals surface area contributed by atoms with E-state index in [0.29, 0.717) is 54.9 Å². The van der Waals surface area contributed by atoms with E-state index in [1.165, 1.54) is 0 Å². The van der Waals surface area contributed by atoms with Crippen LogP contribution in [0.25, 0.3) is 11.1 Å². The van der Waals surface area contributed by atoms with Crippen LogP contribution in [0, 0.1) is 0 Å². The Labute approximate surface area is 234 Å². The van der Waals surface area contributed by atoms with E-state index in [9.17, 15) is 14.7 Å². The second-order valence-corrected chi connectivity index (χ2v) is 11.0. The fourth-order valence-corrected chi connectivity index (χ4v) is 6.18. The number of carbonyl (C=O) groups excluding carboxylic acids is 2. The number of aliphatic hydroxyl groups excluding tert-OH is 1. The molecule has 0 unspecified atom stereocenters. The van der Waals surface area contributed by atoms with Gasteiger partial charge in [-0.25, -0.2) is 4.79 Å². The Morgan fingerprint density at radius 3 is 2.35 bits per heavy atom. The van der Waals surface area contributed by atoms with Crippen molar-refractivity contribution in [2.24, 2.45) is 0 Å². The van der Waals surface area contributed by atoms with Crippen molar-refractivity contribution in [1.29, 1.82) is 0 Å². The fraction of sp³-hybridized carbons (Fsp3) is 0.375. The molecular formula is C32H35N3O5. The van der Waals surface area contributed by atoms with Crippen molar-refractivity contribution in [3.05, 3.63) is 83.9 Å². The summed E-state index contributed by atoms with van der Waals surface area (Å²) in [7, 11) is 2.14. The Kier molecular flexibility index (Phi) is 7.56. The van der Waals surface area contributed by atoms with Crippen molar-refractivity contribution in [3.63, 3.8) is 0 Å². The summed E-state index contributed by atoms with van der Waals surface area (Å²) < 4.78 is 11.7. The number of epoxide rings is 1. The lowest BCUT2D eigenvalue weighted by molar-refractivity contribution is -0.116. The molecule has 3 aliphatic heterocycles. The molecule has 6 rings (SSSR count). The number of carbonyl (C=O) groups is 2. The van der Waals surface area contributed by atoms with Crippen LogP contribution < -0.4 is 10.6 Å². The highest BCUT2D eigenvalue weighted by Gasteiger charge is 2.62. The number of morpholine rings is 1. The number of anilines is 2. The van der Waals surface area contributed by atoms with Crippen LogP contribution in [0.15, 0.2) is 72.8 Å². The van der Waals surface area contributed by atoms with E-state index in [4.69, 9.17) is 9.47 Å². The molecule has 5 atom stereocenters. The quantitative estimate of drug-likeness (QED) is 0.331. The molecule has 0 radical (unpaired) electrons. The zero-order valence-corrected chi connectivity index (χ0v) is 22.6. The molecule has 3 aromatic rings. The number of rotatable bonds is 9. The summed E-state index contributed by atoms with van der Waals surface area (Å²) in [6.45, 7) is -0.0266. The standard InChI is InChI=1S/C32H35N3O5/c1-35-27-17-24(18-28(35)31-30(27)40-31)39-32(38)34-26-16-20(12-15-25(26)22-7-3-2-4-8-22)6-5-9-29(37)33-23-13-10-21(19-36)11-14-23/h2-4,7-8,10-16,24,27-28,30-31,36H,5-6,9,17-19H2,1H3,(H,33,37)(H,34,38)/t24-,27-,28-,30-,31+/m0/s1. The third-order valence-electron chi connectivity index (χ3n) is 8.34. The minimum atomic E-state index is -0.440. The van der Waals surface area contributed by atoms with Gasteiger partial charge in [0.2, 0.25) is 5.91 Å². The number of aryl methyl sites for hydroxylation is 1. The molecule has 8 nitrogen and oxygen atoms in total. The first-order valence-electron chi connectivity index (χ1n) is 14.0. The molecule has 40 heavy (non-hydrogen) atoms. The number of nitrogens with one attached hydrogen (secondary N) is 2. The third-order valence-corrected chi connectivity index (χ3v) is 8.34. The Hall–Kier alpha value is -3.72. The fourth-order valence-electron chi connectivity index (χ4n) is 6.18. The van der Waals surface area contributed by atoms with Crippen LogP contribution in [0.4, 0.5) is 16.2 Å². The molecule has 3 saturated heterocycles. The summed E-state index contributed by atoms with van der Waals surface area (Å²) in [5, 5.41) is 15.1. The molecule has 0 aliphatic carbocycles. The van der Waals surface area contributed by atoms with Gasteiger partial charge >= 0.3 is 6.09 Å². The van der Waals surface area contributed by atoms with Gasteiger partial charge in [0.05, 0.1) is 12.3 Å². The van der Waals surface area contributed by atoms with Crippen molar-refractivity contribution in [2.75, 3.05) is 17.7 Å². The van der Waals surface area contributed by atoms with Crippen LogP contribution in [0.1, 0.15) is 36.8 Å². The maximum atomic E-state index is 13.1. The van der Waals surface area contributed by atoms with Gasteiger partial charge in [0.15, 0.2) is 0 Å². The Balaban J connectivity index is 1.08. The molecule has 2 amide bonds. The summed E-state index contributed by atoms with van der Waals surface area (Å²) in [6, 6.07) is 23.8. The van der Waals surface area contributed by atoms with E-state index < -0.39 is 6.09 Å². The monoisotopic (exact) mass is 541 g/mol. The van der Waals surface area contributed by atoms with Crippen molar-refractivity contribution in [2.45, 2.75) is 69.1 Å². The molecule has 2 bridgehead atoms. The van der Waals surface area contributed by atoms with Crippen LogP contribution in [0.5, 0.6) is 0 Å². The Morgan fingerprint density at radius 1 is 0.950 bits per heavy atom. The molecule has 0 saturated carbocycles. The predicted octanol–water partition coefficient (Wildman–Crippen LogP) is 4.97. The zero-order valence-electron chi connectivity index (χ0n) is 22.6. The number of amides is 2. The predicted molar refractivity (Wildman–Crippen MR) is 153 cm³/mol. The molecule has 0 aromatic heterocycles. The average Bonchev–Trinajstić information content (AvgIpc) is 3.73. The molecule has 3 aromatic carbocycles. The summed E-state index contributed by atoms with van der Waals surface area (Å²) in [5.41, 5.74) is 5.17. The minimum Gasteiger partial charge on any atom is -0.446 e. The number of hydrogen-bond donors (Lipinski definition) is 3. The van der Waals surface area contributed by atoms with Crippen molar-refractivity contribution >= 4 is 23.4 Å². The summed E-state index contributed by atoms with van der Waals surface area (Å²) >= 11 is 0. The van der Waals surface area contributed by atoms with Gasteiger partial charge in [0.25, 0.3) is 0 Å². The topological polar surface area (TPSA) is 103 Å². The number of ether oxygens (including phenoxy) is 2. The first-order valence-corrected chi connectivity index (χ1v) is 14.0. The van der Waals surface area contributed by atoms with Gasteiger partial charge in [0.1, 0.15) is 18.3 Å². The smallest absolute Gasteiger partial charge is 0.411 e. The summed E-state index contributed by atoms with van der Waals surface area (Å²) in [5.74, 6) is -0.0605. The van der Waals surface area contributed by atoms with Crippen LogP contribution in [0.3, 0.4) is 0 Å². The van der Waals surface area contributed by atoms with E-state index in [1.54, 1.807) is 24.3 Å². The number of piperidine rings is 1. The van der Waals surface area contributed by atoms with E-state index in [2.05, 4.69) is 22.6 Å². The zero-order chi connectivity index (χ0) is 27.6. The van der Waals surface area contributed by atoms with E-state index in [-0.39, 0.29) is 18.6 Å². The number of fused-ring (bicyclic) bond motifs is 5. The Bertz CT molecular complexity index is 1340. The van der Waals surface area contributed by atoms with Gasteiger partial charge in [-0.2, -0.15) is 0 Å². The maximum absolute atomic E-state index is 13.1. The lowest BCUT2D eigenvalue weighted by Crippen LogP contribution is -2.48. The lowest BCUT2D eigenvalue weighted by Gasteiger charge is -2.37. The Morgan fingerprint density at radius 2 is 1.65 bits per heavy atom. The first-order chi connectivity index (χ1) is 19.5. The number of nitrogens with zero attached hydrogens (tertiary/aromatic N) is 1. The molecule has 3 heterocycles. The van der Waals surface area contributed by atoms with Gasteiger partial charge in [-0.05, 0) is 54.8 Å². The SMILES string of the molecule is CN1[C@H]2C[C@H](OC(=O)Nc3cc(CCCC(=O)Nc4ccc(CO)cc4)ccc3-c3ccccc3)C[C@H]1[C@H]1O[C@H]12. The third kappa shape index (κ3) is 5.75. The normalized spacial score (nSPS) is 24.7. The van der Waals surface area contributed by atoms with Crippen LogP contribution in [-0.4, -0.2) is 59.5 Å². The second-order valence-electron chi connectivity index (χ2n) is 11.0. The van der Waals surface area contributed by atoms with Crippen LogP contribution in [0.2, 0.25) is 0 Å². The average molecular weight is 542 g/mol. The van der Waals surface area contributed by atoms with Gasteiger partial charge in [-0.15, -0.1) is 0 Å². The van der Waals surface area contributed by atoms with E-state index in [0.717, 1.165) is 35.1 Å². The summed E-state index contributed by atoms with van der Waals surface area (Å²) in [6.07, 6.45) is 3.34. The van der Waals surface area contributed by atoms with Crippen molar-refractivity contribution in [3.8, 4) is 11.1 Å². The van der Waals surface area contributed by atoms with Crippen molar-refractivity contribution in [1.82, 2.24) is 4.90 Å².